The van der Waals surface area contributed by atoms with E-state index in [4.69, 9.17) is 0 Å². The lowest BCUT2D eigenvalue weighted by Gasteiger charge is -2.34. The average Bonchev–Trinajstić information content (AvgIpc) is 3.70. The third-order valence-electron chi connectivity index (χ3n) is 13.4. The molecular weight excluding hydrogens is 795 g/mol. The van der Waals surface area contributed by atoms with Crippen molar-refractivity contribution in [1.29, 1.82) is 0 Å². The molecule has 1 heteroatoms. The number of fused-ring (bicyclic) bond motifs is 3. The average molecular weight is 844 g/mol. The molecule has 0 saturated carbocycles. The van der Waals surface area contributed by atoms with Gasteiger partial charge < -0.3 is 4.90 Å². The number of hydrogen-bond donors (Lipinski definition) is 0. The Kier molecular flexibility index (Phi) is 11.1. The van der Waals surface area contributed by atoms with E-state index in [-0.39, 0.29) is 5.92 Å². The van der Waals surface area contributed by atoms with Crippen molar-refractivity contribution in [2.45, 2.75) is 17.8 Å². The first kappa shape index (κ1) is 40.5. The number of rotatable bonds is 12. The summed E-state index contributed by atoms with van der Waals surface area (Å²) in [4.78, 5) is 2.43. The maximum Gasteiger partial charge on any atom is 0.0713 e. The summed E-state index contributed by atoms with van der Waals surface area (Å²) in [6, 6.07) is 97.6. The predicted octanol–water partition coefficient (Wildman–Crippen LogP) is 16.7. The standard InChI is InChI=1S/C65H49N/c1-6-21-48(22-7-1)46-61(51-26-10-3-11-27-51)53-39-41-56(42-40-53)66(57-33-20-23-49(45-57)37-38-52-28-16-17-34-59(52)50-24-8-2-9-25-50)58-43-44-64-62(47-58)60-35-18-19-36-63(60)65(64,54-29-12-4-13-30-54)55-31-14-5-15-32-55/h1-45,47,61H,46H2/b38-37+. The van der Waals surface area contributed by atoms with Crippen molar-refractivity contribution in [2.24, 2.45) is 0 Å². The molecule has 1 atom stereocenters. The molecule has 0 aromatic heterocycles. The minimum atomic E-state index is -0.467. The third-order valence-corrected chi connectivity index (χ3v) is 13.4. The molecule has 10 aromatic carbocycles. The maximum absolute atomic E-state index is 2.43. The quantitative estimate of drug-likeness (QED) is 0.111. The van der Waals surface area contributed by atoms with Gasteiger partial charge in [-0.15, -0.1) is 0 Å². The van der Waals surface area contributed by atoms with Gasteiger partial charge in [-0.05, 0) is 115 Å². The highest BCUT2D eigenvalue weighted by atomic mass is 15.1. The lowest BCUT2D eigenvalue weighted by atomic mass is 9.68. The Morgan fingerprint density at radius 2 is 0.894 bits per heavy atom. The van der Waals surface area contributed by atoms with Gasteiger partial charge in [-0.1, -0.05) is 243 Å². The third kappa shape index (κ3) is 7.65. The Bertz CT molecular complexity index is 3210. The Balaban J connectivity index is 1.05. The highest BCUT2D eigenvalue weighted by molar-refractivity contribution is 5.90. The van der Waals surface area contributed by atoms with Gasteiger partial charge in [-0.3, -0.25) is 0 Å². The number of nitrogens with zero attached hydrogens (tertiary/aromatic N) is 1. The van der Waals surface area contributed by atoms with E-state index in [0.717, 1.165) is 29.0 Å². The van der Waals surface area contributed by atoms with Crippen molar-refractivity contribution >= 4 is 29.2 Å². The predicted molar refractivity (Wildman–Crippen MR) is 278 cm³/mol. The molecule has 10 aromatic rings. The molecule has 314 valence electrons. The van der Waals surface area contributed by atoms with E-state index in [2.05, 4.69) is 284 Å². The molecule has 0 bridgehead atoms. The highest BCUT2D eigenvalue weighted by Crippen LogP contribution is 2.57. The maximum atomic E-state index is 2.43. The zero-order valence-corrected chi connectivity index (χ0v) is 36.8. The van der Waals surface area contributed by atoms with Gasteiger partial charge in [0.05, 0.1) is 5.41 Å². The molecule has 0 fully saturated rings. The fourth-order valence-corrected chi connectivity index (χ4v) is 10.3. The van der Waals surface area contributed by atoms with Gasteiger partial charge in [-0.2, -0.15) is 0 Å². The van der Waals surface area contributed by atoms with Gasteiger partial charge in [-0.25, -0.2) is 0 Å². The van der Waals surface area contributed by atoms with Crippen molar-refractivity contribution in [1.82, 2.24) is 0 Å². The van der Waals surface area contributed by atoms with Crippen LogP contribution in [0.4, 0.5) is 17.1 Å². The van der Waals surface area contributed by atoms with Crippen LogP contribution in [-0.4, -0.2) is 0 Å². The second-order valence-electron chi connectivity index (χ2n) is 17.2. The molecule has 0 heterocycles. The van der Waals surface area contributed by atoms with Gasteiger partial charge >= 0.3 is 0 Å². The van der Waals surface area contributed by atoms with Crippen LogP contribution in [0.3, 0.4) is 0 Å². The summed E-state index contributed by atoms with van der Waals surface area (Å²) in [6.07, 6.45) is 5.41. The first-order chi connectivity index (χ1) is 32.7. The van der Waals surface area contributed by atoms with Crippen LogP contribution >= 0.6 is 0 Å². The summed E-state index contributed by atoms with van der Waals surface area (Å²) >= 11 is 0. The summed E-state index contributed by atoms with van der Waals surface area (Å²) in [7, 11) is 0. The van der Waals surface area contributed by atoms with Gasteiger partial charge in [0, 0.05) is 23.0 Å². The zero-order chi connectivity index (χ0) is 44.1. The van der Waals surface area contributed by atoms with Crippen LogP contribution in [0.2, 0.25) is 0 Å². The van der Waals surface area contributed by atoms with Crippen LogP contribution in [0.5, 0.6) is 0 Å². The molecule has 0 spiro atoms. The largest absolute Gasteiger partial charge is 0.310 e. The van der Waals surface area contributed by atoms with Crippen LogP contribution in [0.15, 0.2) is 267 Å². The second-order valence-corrected chi connectivity index (χ2v) is 17.2. The van der Waals surface area contributed by atoms with Crippen LogP contribution in [0.25, 0.3) is 34.4 Å². The number of anilines is 3. The van der Waals surface area contributed by atoms with Crippen molar-refractivity contribution in [2.75, 3.05) is 4.90 Å². The topological polar surface area (TPSA) is 3.24 Å². The van der Waals surface area contributed by atoms with Crippen molar-refractivity contribution in [3.05, 3.63) is 317 Å². The lowest BCUT2D eigenvalue weighted by molar-refractivity contribution is 0.768. The summed E-state index contributed by atoms with van der Waals surface area (Å²) in [5, 5.41) is 0. The minimum absolute atomic E-state index is 0.212. The second kappa shape index (κ2) is 18.1. The summed E-state index contributed by atoms with van der Waals surface area (Å²) in [5.41, 5.74) is 19.1. The van der Waals surface area contributed by atoms with Crippen molar-refractivity contribution in [3.8, 4) is 22.3 Å². The Hall–Kier alpha value is -8.26. The SMILES string of the molecule is C(=C\c1ccccc1-c1ccccc1)/c1cccc(N(c2ccc(C(Cc3ccccc3)c3ccccc3)cc2)c2ccc3c(c2)-c2ccccc2C3(c2ccccc2)c2ccccc2)c1. The molecule has 66 heavy (non-hydrogen) atoms. The van der Waals surface area contributed by atoms with Crippen molar-refractivity contribution in [3.63, 3.8) is 0 Å². The molecule has 0 aliphatic heterocycles. The molecule has 1 nitrogen and oxygen atoms in total. The van der Waals surface area contributed by atoms with Crippen LogP contribution in [0.1, 0.15) is 56.0 Å². The van der Waals surface area contributed by atoms with Crippen LogP contribution in [-0.2, 0) is 11.8 Å². The summed E-state index contributed by atoms with van der Waals surface area (Å²) < 4.78 is 0. The molecule has 0 radical (unpaired) electrons. The van der Waals surface area contributed by atoms with Crippen LogP contribution in [0, 0.1) is 0 Å². The molecule has 1 aliphatic rings. The normalized spacial score (nSPS) is 12.9. The lowest BCUT2D eigenvalue weighted by Crippen LogP contribution is -2.28. The van der Waals surface area contributed by atoms with Gasteiger partial charge in [0.15, 0.2) is 0 Å². The molecule has 0 saturated heterocycles. The molecule has 0 amide bonds. The summed E-state index contributed by atoms with van der Waals surface area (Å²) in [5.74, 6) is 0.212. The van der Waals surface area contributed by atoms with E-state index in [0.29, 0.717) is 0 Å². The van der Waals surface area contributed by atoms with E-state index in [1.54, 1.807) is 0 Å². The van der Waals surface area contributed by atoms with Gasteiger partial charge in [0.25, 0.3) is 0 Å². The minimum Gasteiger partial charge on any atom is -0.310 e. The monoisotopic (exact) mass is 843 g/mol. The number of hydrogen-bond acceptors (Lipinski definition) is 1. The summed E-state index contributed by atoms with van der Waals surface area (Å²) in [6.45, 7) is 0. The van der Waals surface area contributed by atoms with E-state index < -0.39 is 5.41 Å². The fourth-order valence-electron chi connectivity index (χ4n) is 10.3. The van der Waals surface area contributed by atoms with E-state index >= 15 is 0 Å². The first-order valence-corrected chi connectivity index (χ1v) is 23.0. The molecule has 0 N–H and O–H groups in total. The molecule has 11 rings (SSSR count). The van der Waals surface area contributed by atoms with Gasteiger partial charge in [0.2, 0.25) is 0 Å². The Morgan fingerprint density at radius 3 is 1.59 bits per heavy atom. The zero-order valence-electron chi connectivity index (χ0n) is 36.8. The van der Waals surface area contributed by atoms with Crippen molar-refractivity contribution < 1.29 is 0 Å². The fraction of sp³-hybridized carbons (Fsp3) is 0.0462. The molecule has 1 unspecified atom stereocenters. The molecule has 1 aliphatic carbocycles. The first-order valence-electron chi connectivity index (χ1n) is 23.0. The Labute approximate surface area is 389 Å². The number of benzene rings is 10. The van der Waals surface area contributed by atoms with E-state index in [1.165, 1.54) is 66.8 Å². The highest BCUT2D eigenvalue weighted by Gasteiger charge is 2.46. The van der Waals surface area contributed by atoms with E-state index in [9.17, 15) is 0 Å². The Morgan fingerprint density at radius 1 is 0.364 bits per heavy atom. The van der Waals surface area contributed by atoms with E-state index in [1.807, 2.05) is 0 Å². The van der Waals surface area contributed by atoms with Gasteiger partial charge in [0.1, 0.15) is 0 Å². The smallest absolute Gasteiger partial charge is 0.0713 e. The molecular formula is C65H49N. The van der Waals surface area contributed by atoms with Crippen LogP contribution < -0.4 is 4.90 Å².